The third kappa shape index (κ3) is 3.33. The zero-order valence-corrected chi connectivity index (χ0v) is 22.8. The summed E-state index contributed by atoms with van der Waals surface area (Å²) in [5, 5.41) is 22.0. The zero-order valence-electron chi connectivity index (χ0n) is 21.8. The van der Waals surface area contributed by atoms with E-state index in [1.54, 1.807) is 19.1 Å². The number of carbonyl (C=O) groups is 2. The van der Waals surface area contributed by atoms with Gasteiger partial charge in [-0.15, -0.1) is 0 Å². The van der Waals surface area contributed by atoms with Crippen molar-refractivity contribution in [3.8, 4) is 6.07 Å². The Morgan fingerprint density at radius 3 is 2.42 bits per heavy atom. The van der Waals surface area contributed by atoms with E-state index in [9.17, 15) is 20.0 Å². The minimum absolute atomic E-state index is 0.0417. The summed E-state index contributed by atoms with van der Waals surface area (Å²) < 4.78 is 12.9. The number of amides is 2. The van der Waals surface area contributed by atoms with Gasteiger partial charge in [-0.05, 0) is 43.6 Å². The van der Waals surface area contributed by atoms with Crippen LogP contribution in [0, 0.1) is 23.2 Å². The Bertz CT molecular complexity index is 1310. The molecule has 5 unspecified atom stereocenters. The molecule has 36 heavy (non-hydrogen) atoms. The van der Waals surface area contributed by atoms with E-state index < -0.39 is 37.5 Å². The molecule has 0 aromatic heterocycles. The van der Waals surface area contributed by atoms with Crippen molar-refractivity contribution in [2.24, 2.45) is 11.8 Å². The van der Waals surface area contributed by atoms with Crippen LogP contribution in [-0.4, -0.2) is 49.2 Å². The number of aliphatic hydroxyl groups excluding tert-OH is 1. The van der Waals surface area contributed by atoms with Gasteiger partial charge in [0, 0.05) is 23.8 Å². The highest BCUT2D eigenvalue weighted by atomic mass is 28.4. The van der Waals surface area contributed by atoms with E-state index in [0.29, 0.717) is 41.5 Å². The van der Waals surface area contributed by atoms with Crippen LogP contribution in [0.2, 0.25) is 18.1 Å². The summed E-state index contributed by atoms with van der Waals surface area (Å²) in [6, 6.07) is 12.8. The van der Waals surface area contributed by atoms with Gasteiger partial charge in [0.2, 0.25) is 11.8 Å². The molecule has 7 nitrogen and oxygen atoms in total. The number of hydrogen-bond acceptors (Lipinski definition) is 6. The average molecular weight is 507 g/mol. The lowest BCUT2D eigenvalue weighted by molar-refractivity contribution is -0.134. The van der Waals surface area contributed by atoms with E-state index >= 15 is 0 Å². The molecular weight excluding hydrogens is 472 g/mol. The minimum Gasteiger partial charge on any atom is -0.417 e. The van der Waals surface area contributed by atoms with Gasteiger partial charge in [0.05, 0.1) is 40.9 Å². The van der Waals surface area contributed by atoms with Gasteiger partial charge in [0.25, 0.3) is 0 Å². The number of nitriles is 1. The Hall–Kier alpha value is -2.57. The first-order valence-electron chi connectivity index (χ1n) is 12.6. The number of aliphatic hydroxyl groups is 1. The third-order valence-corrected chi connectivity index (χ3v) is 13.7. The summed E-state index contributed by atoms with van der Waals surface area (Å²) >= 11 is 0. The molecule has 5 atom stereocenters. The highest BCUT2D eigenvalue weighted by Crippen LogP contribution is 2.62. The maximum Gasteiger partial charge on any atom is 0.240 e. The predicted octanol–water partition coefficient (Wildman–Crippen LogP) is 4.52. The van der Waals surface area contributed by atoms with Gasteiger partial charge in [-0.2, -0.15) is 5.26 Å². The maximum atomic E-state index is 14.0. The fraction of sp³-hybridized carbons (Fsp3) is 0.536. The van der Waals surface area contributed by atoms with Crippen LogP contribution in [-0.2, 0) is 18.8 Å². The quantitative estimate of drug-likeness (QED) is 0.473. The van der Waals surface area contributed by atoms with Crippen molar-refractivity contribution >= 4 is 36.6 Å². The van der Waals surface area contributed by atoms with Gasteiger partial charge < -0.3 is 14.3 Å². The molecule has 2 amide bonds. The first kappa shape index (κ1) is 25.1. The van der Waals surface area contributed by atoms with Crippen molar-refractivity contribution in [3.05, 3.63) is 42.0 Å². The monoisotopic (exact) mass is 506 g/mol. The largest absolute Gasteiger partial charge is 0.417 e. The van der Waals surface area contributed by atoms with E-state index in [2.05, 4.69) is 39.9 Å². The Morgan fingerprint density at radius 1 is 1.14 bits per heavy atom. The Kier molecular flexibility index (Phi) is 5.55. The molecule has 3 aliphatic heterocycles. The Labute approximate surface area is 213 Å². The third-order valence-electron chi connectivity index (χ3n) is 9.17. The van der Waals surface area contributed by atoms with Crippen LogP contribution >= 0.6 is 0 Å². The van der Waals surface area contributed by atoms with Crippen LogP contribution in [0.15, 0.2) is 36.4 Å². The molecule has 1 N–H and O–H groups in total. The highest BCUT2D eigenvalue weighted by Gasteiger charge is 2.77. The second-order valence-electron chi connectivity index (χ2n) is 12.2. The lowest BCUT2D eigenvalue weighted by Gasteiger charge is -2.38. The van der Waals surface area contributed by atoms with Gasteiger partial charge >= 0.3 is 0 Å². The molecule has 3 fully saturated rings. The number of nitrogens with zero attached hydrogens (tertiary/aromatic N) is 2. The van der Waals surface area contributed by atoms with E-state index in [4.69, 9.17) is 9.16 Å². The Balaban J connectivity index is 1.52. The Morgan fingerprint density at radius 2 is 1.78 bits per heavy atom. The van der Waals surface area contributed by atoms with Gasteiger partial charge in [-0.3, -0.25) is 9.59 Å². The molecule has 3 heterocycles. The van der Waals surface area contributed by atoms with Gasteiger partial charge in [-0.1, -0.05) is 45.0 Å². The van der Waals surface area contributed by atoms with E-state index in [0.717, 1.165) is 0 Å². The smallest absolute Gasteiger partial charge is 0.240 e. The molecular formula is C28H34N2O5Si. The van der Waals surface area contributed by atoms with E-state index in [1.807, 2.05) is 24.3 Å². The summed E-state index contributed by atoms with van der Waals surface area (Å²) in [7, 11) is -2.02. The number of imide groups is 1. The molecule has 2 aromatic carbocycles. The molecule has 190 valence electrons. The van der Waals surface area contributed by atoms with Gasteiger partial charge in [-0.25, -0.2) is 4.90 Å². The normalized spacial score (nSPS) is 31.8. The molecule has 5 rings (SSSR count). The number of ether oxygens (including phenoxy) is 1. The summed E-state index contributed by atoms with van der Waals surface area (Å²) in [5.74, 6) is -2.11. The SMILES string of the molecule is CC12OC(CCO[Si](C)(C)C(C)(C)C)(CC1O)C1C(=O)N(c3ccc(C#N)c4ccccc34)C(=O)C12. The molecule has 3 aliphatic rings. The summed E-state index contributed by atoms with van der Waals surface area (Å²) in [6.07, 6.45) is -0.109. The molecule has 8 heteroatoms. The number of fused-ring (bicyclic) bond motifs is 6. The van der Waals surface area contributed by atoms with Crippen molar-refractivity contribution in [2.75, 3.05) is 11.5 Å². The summed E-state index contributed by atoms with van der Waals surface area (Å²) in [4.78, 5) is 29.1. The van der Waals surface area contributed by atoms with Crippen molar-refractivity contribution in [1.82, 2.24) is 0 Å². The van der Waals surface area contributed by atoms with Crippen LogP contribution in [0.1, 0.15) is 46.1 Å². The van der Waals surface area contributed by atoms with Crippen LogP contribution in [0.3, 0.4) is 0 Å². The number of carbonyl (C=O) groups excluding carboxylic acids is 2. The first-order valence-corrected chi connectivity index (χ1v) is 15.5. The number of benzene rings is 2. The number of hydrogen-bond donors (Lipinski definition) is 1. The van der Waals surface area contributed by atoms with Crippen LogP contribution in [0.25, 0.3) is 10.8 Å². The second-order valence-corrected chi connectivity index (χ2v) is 17.0. The number of anilines is 1. The van der Waals surface area contributed by atoms with Crippen LogP contribution < -0.4 is 4.90 Å². The first-order chi connectivity index (χ1) is 16.8. The average Bonchev–Trinajstić information content (AvgIpc) is 3.33. The molecule has 0 spiro atoms. The topological polar surface area (TPSA) is 99.9 Å². The van der Waals surface area contributed by atoms with Crippen LogP contribution in [0.5, 0.6) is 0 Å². The van der Waals surface area contributed by atoms with Crippen molar-refractivity contribution < 1.29 is 23.9 Å². The molecule has 2 aromatic rings. The minimum atomic E-state index is -2.02. The zero-order chi connectivity index (χ0) is 26.3. The van der Waals surface area contributed by atoms with E-state index in [1.165, 1.54) is 4.90 Å². The highest BCUT2D eigenvalue weighted by molar-refractivity contribution is 6.74. The second kappa shape index (κ2) is 7.96. The molecule has 0 saturated carbocycles. The summed E-state index contributed by atoms with van der Waals surface area (Å²) in [6.45, 7) is 13.0. The van der Waals surface area contributed by atoms with E-state index in [-0.39, 0.29) is 16.9 Å². The van der Waals surface area contributed by atoms with Crippen molar-refractivity contribution in [1.29, 1.82) is 5.26 Å². The van der Waals surface area contributed by atoms with Crippen molar-refractivity contribution in [2.45, 2.75) is 76.0 Å². The molecule has 0 aliphatic carbocycles. The fourth-order valence-electron chi connectivity index (χ4n) is 6.13. The predicted molar refractivity (Wildman–Crippen MR) is 139 cm³/mol. The molecule has 2 bridgehead atoms. The summed E-state index contributed by atoms with van der Waals surface area (Å²) in [5.41, 5.74) is -1.13. The standard InChI is InChI=1S/C28H34N2O5Si/c1-26(2,3)36(5,6)34-14-13-28-15-21(31)27(4,35-28)22-23(28)25(33)30(24(22)32)20-12-11-17(16-29)18-9-7-8-10-19(18)20/h7-12,21-23,31H,13-15H2,1-6H3. The molecule has 0 radical (unpaired) electrons. The molecule has 3 saturated heterocycles. The lowest BCUT2D eigenvalue weighted by atomic mass is 9.66. The van der Waals surface area contributed by atoms with Crippen molar-refractivity contribution in [3.63, 3.8) is 0 Å². The van der Waals surface area contributed by atoms with Gasteiger partial charge in [0.15, 0.2) is 8.32 Å². The lowest BCUT2D eigenvalue weighted by Crippen LogP contribution is -2.50. The maximum absolute atomic E-state index is 14.0. The van der Waals surface area contributed by atoms with Crippen LogP contribution in [0.4, 0.5) is 5.69 Å². The van der Waals surface area contributed by atoms with Gasteiger partial charge in [0.1, 0.15) is 5.60 Å². The fourth-order valence-corrected chi connectivity index (χ4v) is 7.18. The number of rotatable bonds is 5.